The average Bonchev–Trinajstić information content (AvgIpc) is 2.38. The Hall–Kier alpha value is -0.860. The lowest BCUT2D eigenvalue weighted by Gasteiger charge is -2.32. The molecule has 2 N–H and O–H groups in total. The van der Waals surface area contributed by atoms with E-state index in [0.29, 0.717) is 11.8 Å². The van der Waals surface area contributed by atoms with Crippen molar-refractivity contribution in [3.63, 3.8) is 0 Å². The van der Waals surface area contributed by atoms with Crippen molar-refractivity contribution in [2.45, 2.75) is 51.7 Å². The lowest BCUT2D eigenvalue weighted by molar-refractivity contribution is 0.101. The zero-order valence-corrected chi connectivity index (χ0v) is 11.7. The van der Waals surface area contributed by atoms with Crippen LogP contribution in [0, 0.1) is 5.92 Å². The van der Waals surface area contributed by atoms with Crippen LogP contribution in [-0.4, -0.2) is 17.7 Å². The fourth-order valence-electron chi connectivity index (χ4n) is 2.70. The highest BCUT2D eigenvalue weighted by atomic mass is 16.3. The van der Waals surface area contributed by atoms with Crippen LogP contribution in [0.3, 0.4) is 0 Å². The predicted octanol–water partition coefficient (Wildman–Crippen LogP) is 3.23. The Balaban J connectivity index is 2.05. The van der Waals surface area contributed by atoms with Gasteiger partial charge in [0, 0.05) is 6.04 Å². The molecule has 0 radical (unpaired) electrons. The number of hydrogen-bond donors (Lipinski definition) is 2. The minimum Gasteiger partial charge on any atom is -0.387 e. The van der Waals surface area contributed by atoms with Gasteiger partial charge in [-0.25, -0.2) is 0 Å². The van der Waals surface area contributed by atoms with E-state index in [9.17, 15) is 5.11 Å². The Morgan fingerprint density at radius 3 is 2.33 bits per heavy atom. The minimum absolute atomic E-state index is 0.207. The lowest BCUT2D eigenvalue weighted by Crippen LogP contribution is -2.41. The molecule has 0 saturated carbocycles. The fraction of sp³-hybridized carbons (Fsp3) is 0.625. The fourth-order valence-corrected chi connectivity index (χ4v) is 2.70. The summed E-state index contributed by atoms with van der Waals surface area (Å²) in [6.07, 6.45) is 1.90. The highest BCUT2D eigenvalue weighted by molar-refractivity contribution is 5.27. The van der Waals surface area contributed by atoms with Crippen molar-refractivity contribution in [2.75, 3.05) is 6.54 Å². The molecular weight excluding hydrogens is 222 g/mol. The van der Waals surface area contributed by atoms with Crippen LogP contribution in [0.2, 0.25) is 0 Å². The van der Waals surface area contributed by atoms with Crippen LogP contribution in [0.25, 0.3) is 0 Å². The molecule has 0 aliphatic carbocycles. The van der Waals surface area contributed by atoms with E-state index in [0.717, 1.165) is 18.5 Å². The van der Waals surface area contributed by atoms with Crippen LogP contribution < -0.4 is 5.32 Å². The molecule has 0 amide bonds. The maximum atomic E-state index is 10.4. The second-order valence-electron chi connectivity index (χ2n) is 5.96. The molecule has 1 aliphatic rings. The summed E-state index contributed by atoms with van der Waals surface area (Å²) < 4.78 is 0. The second-order valence-corrected chi connectivity index (χ2v) is 5.96. The first-order chi connectivity index (χ1) is 8.58. The van der Waals surface area contributed by atoms with E-state index in [1.165, 1.54) is 12.0 Å². The summed E-state index contributed by atoms with van der Waals surface area (Å²) in [4.78, 5) is 0. The summed E-state index contributed by atoms with van der Waals surface area (Å²) in [6.45, 7) is 7.67. The predicted molar refractivity (Wildman–Crippen MR) is 75.7 cm³/mol. The smallest absolute Gasteiger partial charge is 0.0943 e. The van der Waals surface area contributed by atoms with Crippen LogP contribution in [-0.2, 0) is 0 Å². The molecule has 0 spiro atoms. The van der Waals surface area contributed by atoms with Gasteiger partial charge >= 0.3 is 0 Å². The Bertz CT molecular complexity index is 371. The van der Waals surface area contributed by atoms with E-state index >= 15 is 0 Å². The summed E-state index contributed by atoms with van der Waals surface area (Å²) in [6, 6.07) is 8.62. The van der Waals surface area contributed by atoms with Gasteiger partial charge in [-0.05, 0) is 42.3 Å². The first-order valence-corrected chi connectivity index (χ1v) is 7.09. The zero-order chi connectivity index (χ0) is 13.1. The van der Waals surface area contributed by atoms with E-state index in [1.807, 2.05) is 0 Å². The summed E-state index contributed by atoms with van der Waals surface area (Å²) in [5.74, 6) is 1.25. The molecule has 100 valence electrons. The third-order valence-electron chi connectivity index (χ3n) is 4.03. The van der Waals surface area contributed by atoms with Gasteiger partial charge in [0.2, 0.25) is 0 Å². The van der Waals surface area contributed by atoms with Gasteiger partial charge in [0.05, 0.1) is 6.10 Å². The third-order valence-corrected chi connectivity index (χ3v) is 4.03. The molecule has 1 fully saturated rings. The van der Waals surface area contributed by atoms with E-state index in [2.05, 4.69) is 50.4 Å². The van der Waals surface area contributed by atoms with E-state index in [-0.39, 0.29) is 12.1 Å². The van der Waals surface area contributed by atoms with Gasteiger partial charge in [-0.2, -0.15) is 0 Å². The van der Waals surface area contributed by atoms with Gasteiger partial charge in [0.25, 0.3) is 0 Å². The van der Waals surface area contributed by atoms with Crippen LogP contribution >= 0.6 is 0 Å². The van der Waals surface area contributed by atoms with Gasteiger partial charge in [-0.3, -0.25) is 0 Å². The first kappa shape index (κ1) is 13.6. The second kappa shape index (κ2) is 5.85. The van der Waals surface area contributed by atoms with Gasteiger partial charge in [0.1, 0.15) is 0 Å². The van der Waals surface area contributed by atoms with Crippen LogP contribution in [0.5, 0.6) is 0 Å². The summed E-state index contributed by atoms with van der Waals surface area (Å²) >= 11 is 0. The molecule has 3 unspecified atom stereocenters. The maximum Gasteiger partial charge on any atom is 0.0943 e. The Morgan fingerprint density at radius 1 is 1.17 bits per heavy atom. The van der Waals surface area contributed by atoms with Crippen molar-refractivity contribution >= 4 is 0 Å². The quantitative estimate of drug-likeness (QED) is 0.859. The van der Waals surface area contributed by atoms with Crippen molar-refractivity contribution in [3.8, 4) is 0 Å². The average molecular weight is 247 g/mol. The number of aliphatic hydroxyl groups is 1. The number of nitrogens with one attached hydrogen (secondary N) is 1. The van der Waals surface area contributed by atoms with Crippen LogP contribution in [0.4, 0.5) is 0 Å². The monoisotopic (exact) mass is 247 g/mol. The molecule has 3 atom stereocenters. The van der Waals surface area contributed by atoms with E-state index < -0.39 is 0 Å². The van der Waals surface area contributed by atoms with Gasteiger partial charge in [0.15, 0.2) is 0 Å². The molecule has 0 bridgehead atoms. The molecule has 1 saturated heterocycles. The van der Waals surface area contributed by atoms with E-state index in [4.69, 9.17) is 0 Å². The molecule has 1 aromatic rings. The summed E-state index contributed by atoms with van der Waals surface area (Å²) in [7, 11) is 0. The molecule has 1 aliphatic heterocycles. The zero-order valence-electron chi connectivity index (χ0n) is 11.7. The van der Waals surface area contributed by atoms with E-state index in [1.54, 1.807) is 0 Å². The molecule has 2 rings (SSSR count). The maximum absolute atomic E-state index is 10.4. The minimum atomic E-state index is -0.381. The molecule has 0 aromatic heterocycles. The Morgan fingerprint density at radius 2 is 1.78 bits per heavy atom. The van der Waals surface area contributed by atoms with Crippen LogP contribution in [0.15, 0.2) is 24.3 Å². The molecule has 1 aromatic carbocycles. The highest BCUT2D eigenvalue weighted by Crippen LogP contribution is 2.26. The lowest BCUT2D eigenvalue weighted by atomic mass is 9.88. The third kappa shape index (κ3) is 3.12. The largest absolute Gasteiger partial charge is 0.387 e. The summed E-state index contributed by atoms with van der Waals surface area (Å²) in [5, 5.41) is 13.9. The Labute approximate surface area is 110 Å². The number of hydrogen-bond acceptors (Lipinski definition) is 2. The topological polar surface area (TPSA) is 32.3 Å². The van der Waals surface area contributed by atoms with Crippen molar-refractivity contribution in [2.24, 2.45) is 5.92 Å². The molecule has 1 heterocycles. The first-order valence-electron chi connectivity index (χ1n) is 7.09. The highest BCUT2D eigenvalue weighted by Gasteiger charge is 2.25. The van der Waals surface area contributed by atoms with Crippen molar-refractivity contribution in [1.82, 2.24) is 5.32 Å². The number of benzene rings is 1. The van der Waals surface area contributed by atoms with Gasteiger partial charge in [-0.15, -0.1) is 0 Å². The van der Waals surface area contributed by atoms with Gasteiger partial charge in [-0.1, -0.05) is 45.0 Å². The molecule has 2 nitrogen and oxygen atoms in total. The van der Waals surface area contributed by atoms with Crippen molar-refractivity contribution in [1.29, 1.82) is 0 Å². The molecular formula is C16H25NO. The number of rotatable bonds is 3. The summed E-state index contributed by atoms with van der Waals surface area (Å²) in [5.41, 5.74) is 2.36. The number of piperidine rings is 1. The van der Waals surface area contributed by atoms with Crippen molar-refractivity contribution < 1.29 is 5.11 Å². The normalized spacial score (nSPS) is 26.3. The van der Waals surface area contributed by atoms with Gasteiger partial charge < -0.3 is 10.4 Å². The number of aliphatic hydroxyl groups excluding tert-OH is 1. The molecule has 18 heavy (non-hydrogen) atoms. The standard InChI is InChI=1S/C16H25NO/c1-11(2)13-4-6-14(7-5-13)16(18)15-10-12(3)8-9-17-15/h4-7,11-12,15-18H,8-10H2,1-3H3. The molecule has 2 heteroatoms. The van der Waals surface area contributed by atoms with Crippen LogP contribution in [0.1, 0.15) is 56.8 Å². The van der Waals surface area contributed by atoms with Crippen molar-refractivity contribution in [3.05, 3.63) is 35.4 Å². The SMILES string of the molecule is CC1CCNC(C(O)c2ccc(C(C)C)cc2)C1. The Kier molecular flexibility index (Phi) is 4.41.